The Balaban J connectivity index is 0.000000536. The second-order valence-electron chi connectivity index (χ2n) is 12.7. The number of carbonyl (C=O) groups excluding carboxylic acids is 1. The van der Waals surface area contributed by atoms with Crippen LogP contribution < -0.4 is 40.1 Å². The number of carboxylic acids is 1. The average Bonchev–Trinajstić information content (AvgIpc) is 3.57. The van der Waals surface area contributed by atoms with Crippen molar-refractivity contribution in [3.8, 4) is 0 Å². The fourth-order valence-corrected chi connectivity index (χ4v) is 5.52. The van der Waals surface area contributed by atoms with Crippen LogP contribution in [-0.4, -0.2) is 85.5 Å². The van der Waals surface area contributed by atoms with E-state index in [2.05, 4.69) is 51.4 Å². The van der Waals surface area contributed by atoms with Crippen molar-refractivity contribution in [3.63, 3.8) is 0 Å². The summed E-state index contributed by atoms with van der Waals surface area (Å²) in [4.78, 5) is 40.6. The van der Waals surface area contributed by atoms with Crippen LogP contribution in [0.4, 0.5) is 46.5 Å². The molecule has 62 heavy (non-hydrogen) atoms. The van der Waals surface area contributed by atoms with E-state index in [4.69, 9.17) is 21.6 Å². The summed E-state index contributed by atoms with van der Waals surface area (Å²) in [5, 5.41) is 30.7. The number of aromatic nitrogens is 8. The number of nitrogens with zero attached hydrogens (tertiary/aromatic N) is 8. The maximum absolute atomic E-state index is 12.0. The van der Waals surface area contributed by atoms with Crippen molar-refractivity contribution < 1.29 is 60.6 Å². The van der Waals surface area contributed by atoms with Gasteiger partial charge in [0.2, 0.25) is 11.9 Å². The Kier molecular flexibility index (Phi) is 22.3. The Hall–Kier alpha value is -6.64. The van der Waals surface area contributed by atoms with Crippen LogP contribution in [-0.2, 0) is 42.0 Å². The van der Waals surface area contributed by atoms with Gasteiger partial charge in [-0.2, -0.15) is 37.0 Å². The minimum absolute atomic E-state index is 0. The molecule has 0 saturated heterocycles. The Morgan fingerprint density at radius 3 is 1.40 bits per heavy atom. The van der Waals surface area contributed by atoms with E-state index in [-0.39, 0.29) is 35.9 Å². The number of rotatable bonds is 11. The molecule has 0 aliphatic rings. The molecule has 0 aliphatic heterocycles. The third kappa shape index (κ3) is 15.8. The van der Waals surface area contributed by atoms with Gasteiger partial charge in [0.25, 0.3) is 0 Å². The molecule has 4 aromatic heterocycles. The van der Waals surface area contributed by atoms with Gasteiger partial charge in [-0.3, -0.25) is 9.36 Å². The summed E-state index contributed by atoms with van der Waals surface area (Å²) < 4.78 is 41.8. The molecule has 0 saturated carbocycles. The Labute approximate surface area is 376 Å². The number of benzene rings is 2. The van der Waals surface area contributed by atoms with Gasteiger partial charge in [-0.1, -0.05) is 0 Å². The van der Waals surface area contributed by atoms with E-state index < -0.39 is 29.1 Å². The number of anilines is 8. The van der Waals surface area contributed by atoms with Crippen molar-refractivity contribution in [2.75, 3.05) is 27.9 Å². The zero-order valence-electron chi connectivity index (χ0n) is 35.6. The molecular formula is C38H45LiN12O9S2. The number of ether oxygens (including phenoxy) is 1. The normalized spacial score (nSPS) is 9.63. The van der Waals surface area contributed by atoms with E-state index in [0.29, 0.717) is 47.1 Å². The van der Waals surface area contributed by atoms with Crippen LogP contribution in [0.25, 0.3) is 0 Å². The van der Waals surface area contributed by atoms with Gasteiger partial charge in [0.05, 0.1) is 29.1 Å². The van der Waals surface area contributed by atoms with Crippen molar-refractivity contribution in [2.24, 2.45) is 14.1 Å². The first-order valence-corrected chi connectivity index (χ1v) is 19.1. The zero-order chi connectivity index (χ0) is 44.5. The minimum atomic E-state index is -0.977. The van der Waals surface area contributed by atoms with Gasteiger partial charge >= 0.3 is 53.9 Å². The Morgan fingerprint density at radius 1 is 0.661 bits per heavy atom. The van der Waals surface area contributed by atoms with E-state index in [1.807, 2.05) is 67.8 Å². The number of aromatic carboxylic acids is 1. The molecule has 324 valence electrons. The zero-order valence-corrected chi connectivity index (χ0v) is 37.3. The summed E-state index contributed by atoms with van der Waals surface area (Å²) in [5.41, 5.74) is 7.82. The molecule has 6 N–H and O–H groups in total. The number of carboxylic acid groups (broad SMARTS) is 1. The third-order valence-corrected chi connectivity index (χ3v) is 8.27. The van der Waals surface area contributed by atoms with Crippen LogP contribution in [0.1, 0.15) is 61.3 Å². The van der Waals surface area contributed by atoms with Gasteiger partial charge in [-0.05, 0) is 108 Å². The predicted molar refractivity (Wildman–Crippen MR) is 228 cm³/mol. The minimum Gasteiger partial charge on any atom is -0.870 e. The molecule has 0 radical (unpaired) electrons. The molecule has 2 aromatic carbocycles. The third-order valence-electron chi connectivity index (χ3n) is 8.27. The molecule has 0 bridgehead atoms. The fourth-order valence-electron chi connectivity index (χ4n) is 5.52. The molecule has 0 spiro atoms. The molecule has 6 aromatic rings. The molecule has 0 aliphatic carbocycles. The summed E-state index contributed by atoms with van der Waals surface area (Å²) in [7, 11) is 3.75. The first-order valence-electron chi connectivity index (χ1n) is 17.8. The van der Waals surface area contributed by atoms with E-state index in [1.165, 1.54) is 0 Å². The van der Waals surface area contributed by atoms with Gasteiger partial charge in [0.15, 0.2) is 0 Å². The molecule has 6 rings (SSSR count). The van der Waals surface area contributed by atoms with Crippen LogP contribution in [0.5, 0.6) is 0 Å². The van der Waals surface area contributed by atoms with Crippen LogP contribution >= 0.6 is 0 Å². The van der Waals surface area contributed by atoms with Gasteiger partial charge in [0, 0.05) is 49.0 Å². The second-order valence-corrected chi connectivity index (χ2v) is 13.0. The number of carbonyl (C=O) groups is 2. The number of aryl methyl sites for hydroxylation is 6. The number of hydrogen-bond acceptors (Lipinski definition) is 18. The maximum atomic E-state index is 12.0. The van der Waals surface area contributed by atoms with E-state index in [9.17, 15) is 14.7 Å². The van der Waals surface area contributed by atoms with Crippen LogP contribution in [0, 0.1) is 41.5 Å². The Morgan fingerprint density at radius 2 is 1.05 bits per heavy atom. The number of esters is 1. The number of hydrogen-bond donors (Lipinski definition) is 5. The van der Waals surface area contributed by atoms with Gasteiger partial charge in [0.1, 0.15) is 23.3 Å². The molecule has 0 unspecified atom stereocenters. The first-order chi connectivity index (χ1) is 28.5. The van der Waals surface area contributed by atoms with Crippen LogP contribution in [0.15, 0.2) is 60.9 Å². The van der Waals surface area contributed by atoms with E-state index >= 15 is 0 Å². The topological polar surface area (TPSA) is 297 Å². The number of nitrogens with one attached hydrogen (secondary N) is 4. The Bertz CT molecular complexity index is 2530. The van der Waals surface area contributed by atoms with Crippen molar-refractivity contribution >= 4 is 81.6 Å². The molecule has 24 heteroatoms. The van der Waals surface area contributed by atoms with E-state index in [1.54, 1.807) is 65.1 Å². The van der Waals surface area contributed by atoms with E-state index in [0.717, 1.165) is 45.3 Å². The predicted octanol–water partition coefficient (Wildman–Crippen LogP) is 2.61. The second kappa shape index (κ2) is 25.9. The van der Waals surface area contributed by atoms with Gasteiger partial charge < -0.3 is 36.6 Å². The van der Waals surface area contributed by atoms with Gasteiger partial charge in [-0.15, -0.1) is 0 Å². The van der Waals surface area contributed by atoms with Crippen molar-refractivity contribution in [1.82, 2.24) is 39.5 Å². The standard InChI is InChI=1S/C20H24N6O2.C18H20N6O2.Li.2O2S.H2O/c1-6-28-19(27)15-9-12(2)10-16(11-15)22-20-21-8-7-17(24-20)23-18-13(3)14(4)25-26(18)5;1-10-7-13(17(25)26)9-14(8-10)20-18-19-6-5-15(22-18)21-16-11(2)12(3)23-24(16)4;;2*1-3-2;/h7-11H,6H2,1-5H3,(H2,21,22,23,24);5-9H,1-4H3,(H,25,26)(H2,19,20,21,22);;;;1H2/q;;+1;;;/p-1. The SMILES string of the molecule is CCOC(=O)c1cc(C)cc(Nc2nccc(Nc3c(C)c(C)nn3C)n2)c1.Cc1cc(Nc2nccc(Nc3c(C)c(C)nn3C)n2)cc(C(=O)O)c1.O=S=O.O=S=O.[Li+].[OH-]. The average molecular weight is 885 g/mol. The molecule has 0 fully saturated rings. The van der Waals surface area contributed by atoms with Crippen molar-refractivity contribution in [2.45, 2.75) is 48.5 Å². The van der Waals surface area contributed by atoms with Crippen LogP contribution in [0.2, 0.25) is 0 Å². The summed E-state index contributed by atoms with van der Waals surface area (Å²) >= 11 is -1.50. The van der Waals surface area contributed by atoms with Crippen molar-refractivity contribution in [1.29, 1.82) is 0 Å². The molecule has 0 amide bonds. The summed E-state index contributed by atoms with van der Waals surface area (Å²) in [6.07, 6.45) is 3.29. The van der Waals surface area contributed by atoms with Gasteiger partial charge in [-0.25, -0.2) is 19.6 Å². The quantitative estimate of drug-likeness (QED) is 0.0923. The molecule has 0 atom stereocenters. The molecule has 4 heterocycles. The molecule has 21 nitrogen and oxygen atoms in total. The maximum Gasteiger partial charge on any atom is 1.00 e. The summed E-state index contributed by atoms with van der Waals surface area (Å²) in [6, 6.07) is 14.0. The first kappa shape index (κ1) is 53.4. The molecular weight excluding hydrogens is 840 g/mol. The summed E-state index contributed by atoms with van der Waals surface area (Å²) in [5.74, 6) is 2.44. The summed E-state index contributed by atoms with van der Waals surface area (Å²) in [6.45, 7) is 13.8. The largest absolute Gasteiger partial charge is 1.00 e. The smallest absolute Gasteiger partial charge is 0.870 e. The van der Waals surface area contributed by atoms with Crippen molar-refractivity contribution in [3.05, 3.63) is 106 Å². The monoisotopic (exact) mass is 884 g/mol. The van der Waals surface area contributed by atoms with Crippen LogP contribution in [0.3, 0.4) is 0 Å². The fraction of sp³-hybridized carbons (Fsp3) is 0.263.